The quantitative estimate of drug-likeness (QED) is 0.652. The standard InChI is InChI=1S/C21H25N5O4/c1-30-18-7-3-2-6-17(18)25-21(29)26-11-8-15(9-12-26)13-23-19(27)20(28)24-16-5-4-10-22-14-16/h2-7,10,14-15H,8-9,11-13H2,1H3,(H,23,27)(H,24,28)(H,25,29). The highest BCUT2D eigenvalue weighted by atomic mass is 16.5. The number of likely N-dealkylation sites (tertiary alicyclic amines) is 1. The van der Waals surface area contributed by atoms with Crippen LogP contribution in [0.5, 0.6) is 5.75 Å². The Hall–Kier alpha value is -3.62. The van der Waals surface area contributed by atoms with Gasteiger partial charge in [-0.2, -0.15) is 0 Å². The molecule has 9 nitrogen and oxygen atoms in total. The third-order valence-electron chi connectivity index (χ3n) is 4.93. The zero-order chi connectivity index (χ0) is 21.3. The number of pyridine rings is 1. The Kier molecular flexibility index (Phi) is 7.20. The molecule has 2 aromatic rings. The number of anilines is 2. The highest BCUT2D eigenvalue weighted by Gasteiger charge is 2.24. The number of nitrogens with one attached hydrogen (secondary N) is 3. The van der Waals surface area contributed by atoms with Crippen molar-refractivity contribution < 1.29 is 19.1 Å². The van der Waals surface area contributed by atoms with Crippen molar-refractivity contribution in [3.05, 3.63) is 48.8 Å². The topological polar surface area (TPSA) is 113 Å². The van der Waals surface area contributed by atoms with Gasteiger partial charge in [-0.05, 0) is 43.0 Å². The van der Waals surface area contributed by atoms with Crippen molar-refractivity contribution >= 4 is 29.2 Å². The van der Waals surface area contributed by atoms with Crippen LogP contribution < -0.4 is 20.7 Å². The van der Waals surface area contributed by atoms with Crippen LogP contribution in [0.4, 0.5) is 16.2 Å². The van der Waals surface area contributed by atoms with Crippen molar-refractivity contribution in [2.45, 2.75) is 12.8 Å². The summed E-state index contributed by atoms with van der Waals surface area (Å²) in [6.45, 7) is 1.54. The molecule has 1 aliphatic rings. The van der Waals surface area contributed by atoms with Gasteiger partial charge in [-0.25, -0.2) is 4.79 Å². The van der Waals surface area contributed by atoms with Gasteiger partial charge in [-0.3, -0.25) is 14.6 Å². The molecule has 9 heteroatoms. The molecule has 0 aliphatic carbocycles. The number of methoxy groups -OCH3 is 1. The van der Waals surface area contributed by atoms with E-state index in [4.69, 9.17) is 4.74 Å². The summed E-state index contributed by atoms with van der Waals surface area (Å²) in [5, 5.41) is 8.03. The number of hydrogen-bond acceptors (Lipinski definition) is 5. The van der Waals surface area contributed by atoms with Crippen LogP contribution in [0, 0.1) is 5.92 Å². The van der Waals surface area contributed by atoms with Crippen LogP contribution in [0.1, 0.15) is 12.8 Å². The summed E-state index contributed by atoms with van der Waals surface area (Å²) in [6.07, 6.45) is 4.53. The first-order valence-corrected chi connectivity index (χ1v) is 9.75. The highest BCUT2D eigenvalue weighted by molar-refractivity contribution is 6.39. The molecule has 3 N–H and O–H groups in total. The van der Waals surface area contributed by atoms with E-state index in [1.54, 1.807) is 42.5 Å². The maximum absolute atomic E-state index is 12.5. The number of urea groups is 1. The fraction of sp³-hybridized carbons (Fsp3) is 0.333. The van der Waals surface area contributed by atoms with Gasteiger partial charge in [0.15, 0.2) is 0 Å². The third-order valence-corrected chi connectivity index (χ3v) is 4.93. The lowest BCUT2D eigenvalue weighted by Crippen LogP contribution is -2.44. The Balaban J connectivity index is 1.40. The molecule has 0 spiro atoms. The van der Waals surface area contributed by atoms with Crippen LogP contribution in [0.25, 0.3) is 0 Å². The number of hydrogen-bond donors (Lipinski definition) is 3. The molecule has 0 radical (unpaired) electrons. The molecule has 4 amide bonds. The second-order valence-electron chi connectivity index (χ2n) is 6.97. The van der Waals surface area contributed by atoms with Crippen molar-refractivity contribution in [1.29, 1.82) is 0 Å². The molecule has 1 fully saturated rings. The summed E-state index contributed by atoms with van der Waals surface area (Å²) in [7, 11) is 1.56. The van der Waals surface area contributed by atoms with Crippen LogP contribution in [0.15, 0.2) is 48.8 Å². The van der Waals surface area contributed by atoms with E-state index in [1.165, 1.54) is 6.20 Å². The van der Waals surface area contributed by atoms with Gasteiger partial charge < -0.3 is 25.6 Å². The van der Waals surface area contributed by atoms with Gasteiger partial charge in [0.1, 0.15) is 5.75 Å². The van der Waals surface area contributed by atoms with Crippen LogP contribution in [0.3, 0.4) is 0 Å². The fourth-order valence-corrected chi connectivity index (χ4v) is 3.22. The van der Waals surface area contributed by atoms with Gasteiger partial charge >= 0.3 is 17.8 Å². The molecule has 0 bridgehead atoms. The average molecular weight is 411 g/mol. The molecule has 0 saturated carbocycles. The first-order valence-electron chi connectivity index (χ1n) is 9.75. The van der Waals surface area contributed by atoms with Crippen LogP contribution in [-0.4, -0.2) is 54.5 Å². The van der Waals surface area contributed by atoms with Gasteiger partial charge in [-0.15, -0.1) is 0 Å². The molecule has 3 rings (SSSR count). The predicted molar refractivity (Wildman–Crippen MR) is 112 cm³/mol. The number of ether oxygens (including phenoxy) is 1. The SMILES string of the molecule is COc1ccccc1NC(=O)N1CCC(CNC(=O)C(=O)Nc2cccnc2)CC1. The molecule has 30 heavy (non-hydrogen) atoms. The van der Waals surface area contributed by atoms with Gasteiger partial charge in [-0.1, -0.05) is 12.1 Å². The van der Waals surface area contributed by atoms with Crippen LogP contribution in [-0.2, 0) is 9.59 Å². The molecule has 0 atom stereocenters. The molecule has 1 saturated heterocycles. The van der Waals surface area contributed by atoms with E-state index >= 15 is 0 Å². The third kappa shape index (κ3) is 5.69. The second kappa shape index (κ2) is 10.2. The molecule has 2 heterocycles. The van der Waals surface area contributed by atoms with E-state index in [2.05, 4.69) is 20.9 Å². The summed E-state index contributed by atoms with van der Waals surface area (Å²) in [5.74, 6) is -0.602. The Morgan fingerprint density at radius 1 is 1.07 bits per heavy atom. The summed E-state index contributed by atoms with van der Waals surface area (Å²) in [4.78, 5) is 42.0. The highest BCUT2D eigenvalue weighted by Crippen LogP contribution is 2.24. The van der Waals surface area contributed by atoms with Crippen LogP contribution in [0.2, 0.25) is 0 Å². The molecular formula is C21H25N5O4. The largest absolute Gasteiger partial charge is 0.495 e. The maximum Gasteiger partial charge on any atom is 0.321 e. The van der Waals surface area contributed by atoms with E-state index in [-0.39, 0.29) is 11.9 Å². The lowest BCUT2D eigenvalue weighted by atomic mass is 9.97. The maximum atomic E-state index is 12.5. The zero-order valence-corrected chi connectivity index (χ0v) is 16.8. The number of benzene rings is 1. The van der Waals surface area contributed by atoms with Crippen molar-refractivity contribution in [2.75, 3.05) is 37.4 Å². The number of amides is 4. The van der Waals surface area contributed by atoms with Gasteiger partial charge in [0.05, 0.1) is 24.7 Å². The molecule has 1 aliphatic heterocycles. The Morgan fingerprint density at radius 3 is 2.53 bits per heavy atom. The van der Waals surface area contributed by atoms with Crippen molar-refractivity contribution in [1.82, 2.24) is 15.2 Å². The molecule has 0 unspecified atom stereocenters. The first kappa shape index (κ1) is 21.1. The lowest BCUT2D eigenvalue weighted by Gasteiger charge is -2.32. The van der Waals surface area contributed by atoms with Crippen molar-refractivity contribution in [3.8, 4) is 5.75 Å². The Labute approximate surface area is 174 Å². The number of nitrogens with zero attached hydrogens (tertiary/aromatic N) is 2. The smallest absolute Gasteiger partial charge is 0.321 e. The zero-order valence-electron chi connectivity index (χ0n) is 16.8. The van der Waals surface area contributed by atoms with E-state index in [1.807, 2.05) is 12.1 Å². The number of carbonyl (C=O) groups excluding carboxylic acids is 3. The molecular weight excluding hydrogens is 386 g/mol. The minimum absolute atomic E-state index is 0.183. The van der Waals surface area contributed by atoms with Crippen molar-refractivity contribution in [2.24, 2.45) is 5.92 Å². The lowest BCUT2D eigenvalue weighted by molar-refractivity contribution is -0.136. The molecule has 158 valence electrons. The van der Waals surface area contributed by atoms with E-state index in [9.17, 15) is 14.4 Å². The van der Waals surface area contributed by atoms with Crippen molar-refractivity contribution in [3.63, 3.8) is 0 Å². The minimum atomic E-state index is -0.725. The summed E-state index contributed by atoms with van der Waals surface area (Å²) >= 11 is 0. The van der Waals surface area contributed by atoms with Gasteiger partial charge in [0, 0.05) is 25.8 Å². The number of carbonyl (C=O) groups is 3. The van der Waals surface area contributed by atoms with E-state index in [0.29, 0.717) is 36.8 Å². The summed E-state index contributed by atoms with van der Waals surface area (Å²) in [5.41, 5.74) is 1.09. The monoisotopic (exact) mass is 411 g/mol. The second-order valence-corrected chi connectivity index (χ2v) is 6.97. The number of rotatable bonds is 5. The Bertz CT molecular complexity index is 882. The number of piperidine rings is 1. The van der Waals surface area contributed by atoms with Gasteiger partial charge in [0.2, 0.25) is 0 Å². The Morgan fingerprint density at radius 2 is 1.83 bits per heavy atom. The fourth-order valence-electron chi connectivity index (χ4n) is 3.22. The minimum Gasteiger partial charge on any atom is -0.495 e. The number of para-hydroxylation sites is 2. The normalized spacial score (nSPS) is 14.0. The predicted octanol–water partition coefficient (Wildman–Crippen LogP) is 2.09. The van der Waals surface area contributed by atoms with Gasteiger partial charge in [0.25, 0.3) is 0 Å². The first-order chi connectivity index (χ1) is 14.6. The average Bonchev–Trinajstić information content (AvgIpc) is 2.78. The molecule has 1 aromatic carbocycles. The molecule has 1 aromatic heterocycles. The van der Waals surface area contributed by atoms with Crippen LogP contribution >= 0.6 is 0 Å². The summed E-state index contributed by atoms with van der Waals surface area (Å²) < 4.78 is 5.25. The van der Waals surface area contributed by atoms with E-state index in [0.717, 1.165) is 12.8 Å². The van der Waals surface area contributed by atoms with E-state index < -0.39 is 11.8 Å². The summed E-state index contributed by atoms with van der Waals surface area (Å²) in [6, 6.07) is 10.4. The number of aromatic nitrogens is 1.